The first kappa shape index (κ1) is 12.3. The summed E-state index contributed by atoms with van der Waals surface area (Å²) in [6.45, 7) is 0. The summed E-state index contributed by atoms with van der Waals surface area (Å²) >= 11 is 0. The maximum atomic E-state index is 5.92. The number of aromatic nitrogens is 3. The monoisotopic (exact) mass is 297 g/mol. The molecule has 0 unspecified atom stereocenters. The van der Waals surface area contributed by atoms with E-state index in [0.29, 0.717) is 0 Å². The van der Waals surface area contributed by atoms with Gasteiger partial charge in [0.1, 0.15) is 16.9 Å². The highest BCUT2D eigenvalue weighted by atomic mass is 16.3. The second kappa shape index (κ2) is 4.61. The third kappa shape index (κ3) is 1.82. The lowest BCUT2D eigenvalue weighted by Gasteiger charge is -2.03. The van der Waals surface area contributed by atoms with E-state index < -0.39 is 0 Å². The number of hydrogen-bond donors (Lipinski definition) is 0. The van der Waals surface area contributed by atoms with Gasteiger partial charge in [-0.15, -0.1) is 0 Å². The molecule has 0 spiro atoms. The van der Waals surface area contributed by atoms with Gasteiger partial charge in [-0.05, 0) is 24.3 Å². The van der Waals surface area contributed by atoms with Gasteiger partial charge in [-0.3, -0.25) is 9.97 Å². The molecule has 0 aliphatic carbocycles. The van der Waals surface area contributed by atoms with Crippen LogP contribution in [-0.4, -0.2) is 15.0 Å². The van der Waals surface area contributed by atoms with Gasteiger partial charge in [0, 0.05) is 23.2 Å². The minimum Gasteiger partial charge on any atom is -0.456 e. The number of para-hydroxylation sites is 1. The van der Waals surface area contributed by atoms with Crippen molar-refractivity contribution < 1.29 is 4.42 Å². The van der Waals surface area contributed by atoms with E-state index in [9.17, 15) is 0 Å². The molecule has 4 nitrogen and oxygen atoms in total. The maximum Gasteiger partial charge on any atom is 0.139 e. The summed E-state index contributed by atoms with van der Waals surface area (Å²) < 4.78 is 5.92. The Morgan fingerprint density at radius 1 is 0.826 bits per heavy atom. The maximum absolute atomic E-state index is 5.92. The van der Waals surface area contributed by atoms with Gasteiger partial charge in [0.15, 0.2) is 0 Å². The van der Waals surface area contributed by atoms with Gasteiger partial charge in [-0.1, -0.05) is 24.3 Å². The summed E-state index contributed by atoms with van der Waals surface area (Å²) in [4.78, 5) is 13.4. The molecule has 0 saturated heterocycles. The van der Waals surface area contributed by atoms with Gasteiger partial charge in [0.05, 0.1) is 22.8 Å². The highest BCUT2D eigenvalue weighted by molar-refractivity contribution is 6.11. The van der Waals surface area contributed by atoms with Gasteiger partial charge in [0.25, 0.3) is 0 Å². The van der Waals surface area contributed by atoms with Crippen LogP contribution in [0.4, 0.5) is 0 Å². The molecule has 0 N–H and O–H groups in total. The summed E-state index contributed by atoms with van der Waals surface area (Å²) in [6.07, 6.45) is 5.30. The smallest absolute Gasteiger partial charge is 0.139 e. The number of hydrogen-bond acceptors (Lipinski definition) is 4. The molecule has 4 heteroatoms. The van der Waals surface area contributed by atoms with Crippen molar-refractivity contribution in [3.8, 4) is 11.4 Å². The first-order chi connectivity index (χ1) is 11.4. The van der Waals surface area contributed by atoms with Crippen molar-refractivity contribution in [3.63, 3.8) is 0 Å². The van der Waals surface area contributed by atoms with Gasteiger partial charge < -0.3 is 4.42 Å². The lowest BCUT2D eigenvalue weighted by Crippen LogP contribution is -1.89. The second-order valence-electron chi connectivity index (χ2n) is 5.40. The minimum atomic E-state index is 0.822. The number of furan rings is 1. The minimum absolute atomic E-state index is 0.822. The summed E-state index contributed by atoms with van der Waals surface area (Å²) in [5.41, 5.74) is 4.20. The molecule has 4 heterocycles. The Hall–Kier alpha value is -3.27. The van der Waals surface area contributed by atoms with Crippen molar-refractivity contribution in [2.45, 2.75) is 0 Å². The molecule has 0 amide bonds. The molecule has 0 fully saturated rings. The van der Waals surface area contributed by atoms with Gasteiger partial charge in [-0.2, -0.15) is 0 Å². The summed E-state index contributed by atoms with van der Waals surface area (Å²) in [5, 5.41) is 3.12. The fraction of sp³-hybridized carbons (Fsp3) is 0. The number of benzene rings is 1. The zero-order chi connectivity index (χ0) is 15.2. The van der Waals surface area contributed by atoms with E-state index in [0.717, 1.165) is 44.2 Å². The van der Waals surface area contributed by atoms with E-state index in [-0.39, 0.29) is 0 Å². The molecule has 5 rings (SSSR count). The van der Waals surface area contributed by atoms with Gasteiger partial charge in [0.2, 0.25) is 0 Å². The fourth-order valence-corrected chi connectivity index (χ4v) is 2.96. The molecule has 0 aliphatic rings. The molecule has 108 valence electrons. The molecule has 23 heavy (non-hydrogen) atoms. The van der Waals surface area contributed by atoms with Crippen molar-refractivity contribution in [1.82, 2.24) is 15.0 Å². The van der Waals surface area contributed by atoms with E-state index >= 15 is 0 Å². The predicted octanol–water partition coefficient (Wildman–Crippen LogP) is 4.59. The Morgan fingerprint density at radius 3 is 2.78 bits per heavy atom. The van der Waals surface area contributed by atoms with E-state index in [4.69, 9.17) is 9.40 Å². The molecule has 0 saturated carbocycles. The van der Waals surface area contributed by atoms with E-state index in [1.165, 1.54) is 0 Å². The van der Waals surface area contributed by atoms with Crippen LogP contribution in [0.25, 0.3) is 44.2 Å². The molecular weight excluding hydrogens is 286 g/mol. The number of nitrogens with zero attached hydrogens (tertiary/aromatic N) is 3. The van der Waals surface area contributed by atoms with Crippen LogP contribution in [0, 0.1) is 0 Å². The number of rotatable bonds is 1. The van der Waals surface area contributed by atoms with Crippen molar-refractivity contribution in [2.75, 3.05) is 0 Å². The number of fused-ring (bicyclic) bond motifs is 4. The van der Waals surface area contributed by atoms with Crippen molar-refractivity contribution in [1.29, 1.82) is 0 Å². The Morgan fingerprint density at radius 2 is 1.78 bits per heavy atom. The zero-order valence-corrected chi connectivity index (χ0v) is 12.1. The van der Waals surface area contributed by atoms with Crippen molar-refractivity contribution >= 4 is 32.8 Å². The van der Waals surface area contributed by atoms with Crippen LogP contribution < -0.4 is 0 Å². The number of pyridine rings is 3. The molecule has 0 bridgehead atoms. The van der Waals surface area contributed by atoms with Crippen LogP contribution in [0.1, 0.15) is 0 Å². The third-order valence-electron chi connectivity index (χ3n) is 4.03. The highest BCUT2D eigenvalue weighted by Gasteiger charge is 2.14. The molecule has 4 aromatic heterocycles. The van der Waals surface area contributed by atoms with Crippen molar-refractivity contribution in [3.05, 3.63) is 67.1 Å². The van der Waals surface area contributed by atoms with Crippen LogP contribution in [-0.2, 0) is 0 Å². The average Bonchev–Trinajstić information content (AvgIpc) is 3.00. The summed E-state index contributed by atoms with van der Waals surface area (Å²) in [6, 6.07) is 15.9. The van der Waals surface area contributed by atoms with E-state index in [1.54, 1.807) is 18.6 Å². The van der Waals surface area contributed by atoms with Crippen LogP contribution in [0.3, 0.4) is 0 Å². The Balaban J connectivity index is 1.87. The first-order valence-electron chi connectivity index (χ1n) is 7.37. The van der Waals surface area contributed by atoms with E-state index in [2.05, 4.69) is 16.0 Å². The third-order valence-corrected chi connectivity index (χ3v) is 4.03. The van der Waals surface area contributed by atoms with Crippen LogP contribution in [0.2, 0.25) is 0 Å². The highest BCUT2D eigenvalue weighted by Crippen LogP contribution is 2.34. The molecule has 0 aliphatic heterocycles. The lowest BCUT2D eigenvalue weighted by atomic mass is 10.1. The lowest BCUT2D eigenvalue weighted by molar-refractivity contribution is 0.668. The summed E-state index contributed by atoms with van der Waals surface area (Å²) in [7, 11) is 0. The Labute approximate surface area is 131 Å². The van der Waals surface area contributed by atoms with Crippen LogP contribution >= 0.6 is 0 Å². The van der Waals surface area contributed by atoms with E-state index in [1.807, 2.05) is 42.5 Å². The molecule has 5 aromatic rings. The topological polar surface area (TPSA) is 51.8 Å². The average molecular weight is 297 g/mol. The second-order valence-corrected chi connectivity index (χ2v) is 5.40. The predicted molar refractivity (Wildman–Crippen MR) is 90.0 cm³/mol. The molecule has 1 aromatic carbocycles. The fourth-order valence-electron chi connectivity index (χ4n) is 2.96. The van der Waals surface area contributed by atoms with Gasteiger partial charge in [-0.25, -0.2) is 4.98 Å². The molecular formula is C19H11N3O. The quantitative estimate of drug-likeness (QED) is 0.454. The zero-order valence-electron chi connectivity index (χ0n) is 12.1. The van der Waals surface area contributed by atoms with Crippen molar-refractivity contribution in [2.24, 2.45) is 0 Å². The molecule has 0 radical (unpaired) electrons. The first-order valence-corrected chi connectivity index (χ1v) is 7.37. The van der Waals surface area contributed by atoms with Gasteiger partial charge >= 0.3 is 0 Å². The Bertz CT molecular complexity index is 1180. The summed E-state index contributed by atoms with van der Waals surface area (Å²) in [5.74, 6) is 0. The standard InChI is InChI=1S/C19H11N3O/c1-2-4-16-13(3-1)18-17(23-16)8-10-21-19(18)14-6-5-12-7-9-20-11-15(12)22-14/h1-11H. The SMILES string of the molecule is c1ccc2c(c1)oc1ccnc(-c3ccc4ccncc4n3)c12. The normalized spacial score (nSPS) is 11.5. The van der Waals surface area contributed by atoms with Crippen LogP contribution in [0.15, 0.2) is 71.5 Å². The van der Waals surface area contributed by atoms with Crippen LogP contribution in [0.5, 0.6) is 0 Å². The largest absolute Gasteiger partial charge is 0.456 e. The Kier molecular flexibility index (Phi) is 2.46. The molecule has 0 atom stereocenters.